The van der Waals surface area contributed by atoms with Crippen LogP contribution in [0, 0.1) is 0 Å². The highest BCUT2D eigenvalue weighted by Gasteiger charge is 2.11. The normalized spacial score (nSPS) is 12.1. The van der Waals surface area contributed by atoms with Crippen LogP contribution >= 0.6 is 46.1 Å². The summed E-state index contributed by atoms with van der Waals surface area (Å²) in [5.41, 5.74) is 1.30. The maximum absolute atomic E-state index is 12.6. The molecule has 26 heavy (non-hydrogen) atoms. The first-order chi connectivity index (χ1) is 12.5. The van der Waals surface area contributed by atoms with Crippen molar-refractivity contribution in [1.29, 1.82) is 0 Å². The topological polar surface area (TPSA) is 43.6 Å². The molecule has 136 valence electrons. The van der Waals surface area contributed by atoms with Crippen LogP contribution in [-0.4, -0.2) is 23.7 Å². The molecule has 1 amide bonds. The molecule has 0 fully saturated rings. The molecule has 0 atom stereocenters. The third kappa shape index (κ3) is 4.48. The van der Waals surface area contributed by atoms with Crippen LogP contribution in [0.1, 0.15) is 17.3 Å². The van der Waals surface area contributed by atoms with E-state index in [-0.39, 0.29) is 0 Å². The molecule has 8 heteroatoms. The molecule has 1 heterocycles. The molecule has 0 aliphatic heterocycles. The van der Waals surface area contributed by atoms with Crippen LogP contribution < -0.4 is 4.80 Å². The number of hydrogen-bond acceptors (Lipinski definition) is 3. The lowest BCUT2D eigenvalue weighted by Crippen LogP contribution is -2.19. The second-order valence-electron chi connectivity index (χ2n) is 5.42. The second kappa shape index (κ2) is 8.55. The maximum atomic E-state index is 12.6. The molecule has 0 saturated heterocycles. The lowest BCUT2D eigenvalue weighted by molar-refractivity contribution is 0.0996. The van der Waals surface area contributed by atoms with Gasteiger partial charge in [0, 0.05) is 33.8 Å². The summed E-state index contributed by atoms with van der Waals surface area (Å²) in [4.78, 5) is 17.5. The predicted octanol–water partition coefficient (Wildman–Crippen LogP) is 5.44. The number of carbonyl (C=O) groups is 1. The standard InChI is InChI=1S/C18H15Cl3N2O2S/c1-2-25-6-5-23-15-4-3-12(19)10-16(15)26-18(23)22-17(24)11-7-13(20)9-14(21)8-11/h3-4,7-10H,2,5-6H2,1H3. The molecular formula is C18H15Cl3N2O2S. The van der Waals surface area contributed by atoms with Crippen molar-refractivity contribution in [3.8, 4) is 0 Å². The number of fused-ring (bicyclic) bond motifs is 1. The Hall–Kier alpha value is -1.37. The van der Waals surface area contributed by atoms with E-state index >= 15 is 0 Å². The summed E-state index contributed by atoms with van der Waals surface area (Å²) in [5, 5.41) is 1.42. The Morgan fingerprint density at radius 1 is 1.12 bits per heavy atom. The van der Waals surface area contributed by atoms with E-state index in [2.05, 4.69) is 4.99 Å². The van der Waals surface area contributed by atoms with Gasteiger partial charge in [-0.25, -0.2) is 0 Å². The van der Waals surface area contributed by atoms with Crippen LogP contribution in [-0.2, 0) is 11.3 Å². The Morgan fingerprint density at radius 3 is 2.54 bits per heavy atom. The highest BCUT2D eigenvalue weighted by atomic mass is 35.5. The van der Waals surface area contributed by atoms with Gasteiger partial charge < -0.3 is 9.30 Å². The number of nitrogens with zero attached hydrogens (tertiary/aromatic N) is 2. The zero-order valence-electron chi connectivity index (χ0n) is 13.8. The molecule has 0 radical (unpaired) electrons. The number of aromatic nitrogens is 1. The molecule has 3 aromatic rings. The van der Waals surface area contributed by atoms with Gasteiger partial charge in [-0.2, -0.15) is 4.99 Å². The summed E-state index contributed by atoms with van der Waals surface area (Å²) >= 11 is 19.5. The highest BCUT2D eigenvalue weighted by molar-refractivity contribution is 7.16. The average Bonchev–Trinajstić information content (AvgIpc) is 2.90. The number of ether oxygens (including phenoxy) is 1. The van der Waals surface area contributed by atoms with Gasteiger partial charge in [-0.1, -0.05) is 46.1 Å². The Morgan fingerprint density at radius 2 is 1.85 bits per heavy atom. The average molecular weight is 430 g/mol. The fourth-order valence-electron chi connectivity index (χ4n) is 2.48. The molecule has 0 aliphatic carbocycles. The number of rotatable bonds is 5. The van der Waals surface area contributed by atoms with Crippen LogP contribution in [0.25, 0.3) is 10.2 Å². The molecule has 0 N–H and O–H groups in total. The van der Waals surface area contributed by atoms with Crippen molar-refractivity contribution in [2.75, 3.05) is 13.2 Å². The van der Waals surface area contributed by atoms with Gasteiger partial charge >= 0.3 is 0 Å². The van der Waals surface area contributed by atoms with Gasteiger partial charge in [0.2, 0.25) is 0 Å². The number of carbonyl (C=O) groups excluding carboxylic acids is 1. The lowest BCUT2D eigenvalue weighted by atomic mass is 10.2. The zero-order valence-corrected chi connectivity index (χ0v) is 16.9. The van der Waals surface area contributed by atoms with Crippen molar-refractivity contribution in [3.63, 3.8) is 0 Å². The van der Waals surface area contributed by atoms with E-state index in [0.717, 1.165) is 10.2 Å². The molecular weight excluding hydrogens is 415 g/mol. The van der Waals surface area contributed by atoms with E-state index in [1.807, 2.05) is 29.7 Å². The Balaban J connectivity index is 2.08. The molecule has 2 aromatic carbocycles. The van der Waals surface area contributed by atoms with Crippen LogP contribution in [0.5, 0.6) is 0 Å². The predicted molar refractivity (Wildman–Crippen MR) is 108 cm³/mol. The molecule has 4 nitrogen and oxygen atoms in total. The van der Waals surface area contributed by atoms with Crippen molar-refractivity contribution in [2.24, 2.45) is 4.99 Å². The number of benzene rings is 2. The van der Waals surface area contributed by atoms with Gasteiger partial charge in [-0.15, -0.1) is 0 Å². The maximum Gasteiger partial charge on any atom is 0.279 e. The first-order valence-corrected chi connectivity index (χ1v) is 9.84. The molecule has 0 saturated carbocycles. The third-order valence-electron chi connectivity index (χ3n) is 3.61. The first-order valence-electron chi connectivity index (χ1n) is 7.89. The second-order valence-corrected chi connectivity index (χ2v) is 7.74. The Bertz CT molecular complexity index is 1010. The van der Waals surface area contributed by atoms with E-state index in [9.17, 15) is 4.79 Å². The monoisotopic (exact) mass is 428 g/mol. The minimum Gasteiger partial charge on any atom is -0.380 e. The molecule has 3 rings (SSSR count). The van der Waals surface area contributed by atoms with E-state index in [0.29, 0.717) is 45.2 Å². The fourth-order valence-corrected chi connectivity index (χ4v) is 4.33. The number of amides is 1. The van der Waals surface area contributed by atoms with Gasteiger partial charge in [0.15, 0.2) is 4.80 Å². The van der Waals surface area contributed by atoms with Crippen LogP contribution in [0.15, 0.2) is 41.4 Å². The van der Waals surface area contributed by atoms with Gasteiger partial charge in [-0.3, -0.25) is 4.79 Å². The van der Waals surface area contributed by atoms with Crippen molar-refractivity contribution in [2.45, 2.75) is 13.5 Å². The summed E-state index contributed by atoms with van der Waals surface area (Å²) in [6.45, 7) is 3.67. The first kappa shape index (κ1) is 19.4. The summed E-state index contributed by atoms with van der Waals surface area (Å²) in [5.74, 6) is -0.405. The fraction of sp³-hybridized carbons (Fsp3) is 0.222. The SMILES string of the molecule is CCOCCn1c(=NC(=O)c2cc(Cl)cc(Cl)c2)sc2cc(Cl)ccc21. The van der Waals surface area contributed by atoms with Crippen molar-refractivity contribution >= 4 is 62.3 Å². The van der Waals surface area contributed by atoms with Gasteiger partial charge in [-0.05, 0) is 43.3 Å². The number of halogens is 3. The van der Waals surface area contributed by atoms with Crippen molar-refractivity contribution in [1.82, 2.24) is 4.57 Å². The molecule has 0 bridgehead atoms. The highest BCUT2D eigenvalue weighted by Crippen LogP contribution is 2.23. The molecule has 0 aliphatic rings. The molecule has 0 unspecified atom stereocenters. The Kier molecular flexibility index (Phi) is 6.37. The van der Waals surface area contributed by atoms with E-state index < -0.39 is 5.91 Å². The van der Waals surface area contributed by atoms with Gasteiger partial charge in [0.25, 0.3) is 5.91 Å². The largest absolute Gasteiger partial charge is 0.380 e. The smallest absolute Gasteiger partial charge is 0.279 e. The van der Waals surface area contributed by atoms with Gasteiger partial charge in [0.1, 0.15) is 0 Å². The Labute approximate surface area is 169 Å². The summed E-state index contributed by atoms with van der Waals surface area (Å²) in [6, 6.07) is 10.3. The third-order valence-corrected chi connectivity index (χ3v) is 5.33. The summed E-state index contributed by atoms with van der Waals surface area (Å²) < 4.78 is 8.35. The zero-order chi connectivity index (χ0) is 18.7. The van der Waals surface area contributed by atoms with E-state index in [1.54, 1.807) is 18.2 Å². The van der Waals surface area contributed by atoms with Crippen molar-refractivity contribution in [3.05, 3.63) is 61.8 Å². The summed E-state index contributed by atoms with van der Waals surface area (Å²) in [6.07, 6.45) is 0. The van der Waals surface area contributed by atoms with Gasteiger partial charge in [0.05, 0.1) is 16.8 Å². The summed E-state index contributed by atoms with van der Waals surface area (Å²) in [7, 11) is 0. The van der Waals surface area contributed by atoms with E-state index in [1.165, 1.54) is 11.3 Å². The lowest BCUT2D eigenvalue weighted by Gasteiger charge is -2.05. The minimum absolute atomic E-state index is 0.342. The van der Waals surface area contributed by atoms with Crippen LogP contribution in [0.2, 0.25) is 15.1 Å². The molecule has 0 spiro atoms. The quantitative estimate of drug-likeness (QED) is 0.507. The van der Waals surface area contributed by atoms with E-state index in [4.69, 9.17) is 39.5 Å². The number of thiazole rings is 1. The molecule has 1 aromatic heterocycles. The van der Waals surface area contributed by atoms with Crippen LogP contribution in [0.3, 0.4) is 0 Å². The number of hydrogen-bond donors (Lipinski definition) is 0. The van der Waals surface area contributed by atoms with Crippen LogP contribution in [0.4, 0.5) is 0 Å². The minimum atomic E-state index is -0.405. The van der Waals surface area contributed by atoms with Crippen molar-refractivity contribution < 1.29 is 9.53 Å².